The first-order chi connectivity index (χ1) is 8.72. The van der Waals surface area contributed by atoms with Gasteiger partial charge in [-0.2, -0.15) is 13.8 Å². The van der Waals surface area contributed by atoms with Crippen LogP contribution in [0.1, 0.15) is 0 Å². The fraction of sp³-hybridized carbons (Fsp3) is 0. The molecule has 0 bridgehead atoms. The van der Waals surface area contributed by atoms with Crippen molar-refractivity contribution in [3.05, 3.63) is 60.6 Å². The van der Waals surface area contributed by atoms with Crippen LogP contribution in [0.25, 0.3) is 22.0 Å². The Kier molecular flexibility index (Phi) is 2.48. The Morgan fingerprint density at radius 1 is 0.833 bits per heavy atom. The number of benzene rings is 1. The fourth-order valence-corrected chi connectivity index (χ4v) is 1.86. The van der Waals surface area contributed by atoms with E-state index in [2.05, 4.69) is 9.97 Å². The molecule has 88 valence electrons. The molecule has 3 rings (SSSR count). The van der Waals surface area contributed by atoms with Crippen molar-refractivity contribution in [2.75, 3.05) is 0 Å². The normalized spacial score (nSPS) is 10.8. The molecule has 0 amide bonds. The van der Waals surface area contributed by atoms with Crippen molar-refractivity contribution in [1.82, 2.24) is 9.97 Å². The van der Waals surface area contributed by atoms with Gasteiger partial charge in [0.1, 0.15) is 0 Å². The summed E-state index contributed by atoms with van der Waals surface area (Å²) in [5, 5.41) is 0.924. The number of rotatable bonds is 1. The topological polar surface area (TPSA) is 25.8 Å². The highest BCUT2D eigenvalue weighted by molar-refractivity contribution is 5.83. The molecule has 2 nitrogen and oxygen atoms in total. The molecule has 0 fully saturated rings. The third-order valence-corrected chi connectivity index (χ3v) is 2.69. The largest absolute Gasteiger partial charge is 0.256 e. The van der Waals surface area contributed by atoms with Gasteiger partial charge in [0.25, 0.3) is 0 Å². The smallest absolute Gasteiger partial charge is 0.216 e. The van der Waals surface area contributed by atoms with Crippen LogP contribution in [0.2, 0.25) is 0 Å². The number of para-hydroxylation sites is 1. The average Bonchev–Trinajstić information content (AvgIpc) is 2.37. The number of fused-ring (bicyclic) bond motifs is 1. The first kappa shape index (κ1) is 10.8. The maximum Gasteiger partial charge on any atom is 0.216 e. The molecule has 4 heteroatoms. The van der Waals surface area contributed by atoms with E-state index in [1.165, 1.54) is 12.1 Å². The van der Waals surface area contributed by atoms with Gasteiger partial charge >= 0.3 is 0 Å². The Bertz CT molecular complexity index is 706. The molecule has 0 unspecified atom stereocenters. The molecule has 0 saturated heterocycles. The van der Waals surface area contributed by atoms with Crippen LogP contribution in [-0.2, 0) is 0 Å². The van der Waals surface area contributed by atoms with Crippen molar-refractivity contribution in [3.8, 4) is 11.1 Å². The second-order valence-electron chi connectivity index (χ2n) is 3.92. The quantitative estimate of drug-likeness (QED) is 0.609. The van der Waals surface area contributed by atoms with E-state index in [1.54, 1.807) is 6.20 Å². The van der Waals surface area contributed by atoms with Gasteiger partial charge in [0.15, 0.2) is 0 Å². The van der Waals surface area contributed by atoms with E-state index in [-0.39, 0.29) is 0 Å². The third kappa shape index (κ3) is 1.93. The number of halogens is 2. The van der Waals surface area contributed by atoms with Gasteiger partial charge in [0.2, 0.25) is 11.9 Å². The zero-order chi connectivity index (χ0) is 12.5. The summed E-state index contributed by atoms with van der Waals surface area (Å²) in [5.41, 5.74) is 1.93. The summed E-state index contributed by atoms with van der Waals surface area (Å²) in [6, 6.07) is 11.8. The van der Waals surface area contributed by atoms with Crippen LogP contribution in [0.5, 0.6) is 0 Å². The van der Waals surface area contributed by atoms with Crippen molar-refractivity contribution < 1.29 is 8.78 Å². The molecule has 0 aliphatic carbocycles. The molecule has 0 saturated carbocycles. The maximum atomic E-state index is 13.1. The van der Waals surface area contributed by atoms with E-state index in [4.69, 9.17) is 0 Å². The highest BCUT2D eigenvalue weighted by Gasteiger charge is 2.05. The van der Waals surface area contributed by atoms with E-state index in [0.29, 0.717) is 11.1 Å². The van der Waals surface area contributed by atoms with Gasteiger partial charge in [-0.1, -0.05) is 18.2 Å². The van der Waals surface area contributed by atoms with Gasteiger partial charge in [0, 0.05) is 29.3 Å². The average molecular weight is 242 g/mol. The molecule has 18 heavy (non-hydrogen) atoms. The van der Waals surface area contributed by atoms with E-state index in [1.807, 2.05) is 30.3 Å². The fourth-order valence-electron chi connectivity index (χ4n) is 1.86. The van der Waals surface area contributed by atoms with E-state index >= 15 is 0 Å². The summed E-state index contributed by atoms with van der Waals surface area (Å²) < 4.78 is 26.1. The Balaban J connectivity index is 2.19. The lowest BCUT2D eigenvalue weighted by Gasteiger charge is -2.03. The summed E-state index contributed by atoms with van der Waals surface area (Å²) >= 11 is 0. The Hall–Kier alpha value is -2.36. The zero-order valence-corrected chi connectivity index (χ0v) is 9.27. The van der Waals surface area contributed by atoms with Crippen molar-refractivity contribution in [2.45, 2.75) is 0 Å². The molecule has 2 aromatic heterocycles. The molecule has 0 spiro atoms. The first-order valence-electron chi connectivity index (χ1n) is 5.41. The van der Waals surface area contributed by atoms with Crippen LogP contribution < -0.4 is 0 Å². The second kappa shape index (κ2) is 4.14. The van der Waals surface area contributed by atoms with Gasteiger partial charge in [-0.15, -0.1) is 0 Å². The lowest BCUT2D eigenvalue weighted by atomic mass is 10.1. The zero-order valence-electron chi connectivity index (χ0n) is 9.27. The Morgan fingerprint density at radius 3 is 2.33 bits per heavy atom. The molecule has 0 atom stereocenters. The standard InChI is InChI=1S/C14H8F2N2/c15-13-6-10(7-14(16)18-13)11-5-9-3-1-2-4-12(9)17-8-11/h1-8H. The second-order valence-corrected chi connectivity index (χ2v) is 3.92. The first-order valence-corrected chi connectivity index (χ1v) is 5.41. The summed E-state index contributed by atoms with van der Waals surface area (Å²) in [6.45, 7) is 0. The summed E-state index contributed by atoms with van der Waals surface area (Å²) in [7, 11) is 0. The molecule has 1 aromatic carbocycles. The number of nitrogens with zero attached hydrogens (tertiary/aromatic N) is 2. The number of hydrogen-bond donors (Lipinski definition) is 0. The maximum absolute atomic E-state index is 13.1. The van der Waals surface area contributed by atoms with Crippen LogP contribution in [-0.4, -0.2) is 9.97 Å². The van der Waals surface area contributed by atoms with Crippen LogP contribution in [0.4, 0.5) is 8.78 Å². The minimum Gasteiger partial charge on any atom is -0.256 e. The molecule has 0 radical (unpaired) electrons. The van der Waals surface area contributed by atoms with Gasteiger partial charge in [-0.25, -0.2) is 0 Å². The minimum atomic E-state index is -0.835. The minimum absolute atomic E-state index is 0.429. The molecule has 0 N–H and O–H groups in total. The monoisotopic (exact) mass is 242 g/mol. The number of pyridine rings is 2. The summed E-state index contributed by atoms with van der Waals surface area (Å²) in [4.78, 5) is 7.32. The predicted molar refractivity (Wildman–Crippen MR) is 64.9 cm³/mol. The molecular formula is C14H8F2N2. The van der Waals surface area contributed by atoms with Crippen molar-refractivity contribution >= 4 is 10.9 Å². The van der Waals surface area contributed by atoms with Gasteiger partial charge in [0.05, 0.1) is 5.52 Å². The Labute approximate surface area is 102 Å². The Morgan fingerprint density at radius 2 is 1.56 bits per heavy atom. The van der Waals surface area contributed by atoms with Crippen molar-refractivity contribution in [2.24, 2.45) is 0 Å². The number of aromatic nitrogens is 2. The van der Waals surface area contributed by atoms with Gasteiger partial charge < -0.3 is 0 Å². The van der Waals surface area contributed by atoms with Crippen LogP contribution >= 0.6 is 0 Å². The third-order valence-electron chi connectivity index (χ3n) is 2.69. The van der Waals surface area contributed by atoms with E-state index in [9.17, 15) is 8.78 Å². The number of hydrogen-bond acceptors (Lipinski definition) is 2. The van der Waals surface area contributed by atoms with E-state index in [0.717, 1.165) is 10.9 Å². The van der Waals surface area contributed by atoms with Gasteiger partial charge in [-0.05, 0) is 17.7 Å². The molecule has 0 aliphatic rings. The van der Waals surface area contributed by atoms with Gasteiger partial charge in [-0.3, -0.25) is 4.98 Å². The summed E-state index contributed by atoms with van der Waals surface area (Å²) in [6.07, 6.45) is 1.59. The highest BCUT2D eigenvalue weighted by atomic mass is 19.1. The summed E-state index contributed by atoms with van der Waals surface area (Å²) in [5.74, 6) is -1.67. The lowest BCUT2D eigenvalue weighted by molar-refractivity contribution is 0.513. The van der Waals surface area contributed by atoms with Crippen LogP contribution in [0.3, 0.4) is 0 Å². The molecule has 3 aromatic rings. The van der Waals surface area contributed by atoms with Crippen LogP contribution in [0.15, 0.2) is 48.7 Å². The lowest BCUT2D eigenvalue weighted by Crippen LogP contribution is -1.90. The van der Waals surface area contributed by atoms with Crippen LogP contribution in [0, 0.1) is 11.9 Å². The molecule has 0 aliphatic heterocycles. The predicted octanol–water partition coefficient (Wildman–Crippen LogP) is 3.58. The highest BCUT2D eigenvalue weighted by Crippen LogP contribution is 2.23. The SMILES string of the molecule is Fc1cc(-c2cnc3ccccc3c2)cc(F)n1. The molecular weight excluding hydrogens is 234 g/mol. The molecule has 2 heterocycles. The van der Waals surface area contributed by atoms with Crippen molar-refractivity contribution in [1.29, 1.82) is 0 Å². The van der Waals surface area contributed by atoms with Crippen molar-refractivity contribution in [3.63, 3.8) is 0 Å². The van der Waals surface area contributed by atoms with E-state index < -0.39 is 11.9 Å².